The lowest BCUT2D eigenvalue weighted by molar-refractivity contribution is 0.191. The minimum atomic E-state index is -0.264. The number of benzene rings is 2. The van der Waals surface area contributed by atoms with Gasteiger partial charge in [-0.05, 0) is 48.4 Å². The maximum atomic E-state index is 13.2. The Labute approximate surface area is 173 Å². The normalized spacial score (nSPS) is 16.6. The number of carbonyl (C=O) groups is 1. The number of amides is 2. The first-order valence-corrected chi connectivity index (χ1v) is 10.6. The van der Waals surface area contributed by atoms with Crippen molar-refractivity contribution in [3.63, 3.8) is 0 Å². The maximum absolute atomic E-state index is 13.2. The van der Waals surface area contributed by atoms with Gasteiger partial charge in [-0.25, -0.2) is 9.18 Å². The van der Waals surface area contributed by atoms with E-state index in [0.717, 1.165) is 44.5 Å². The fraction of sp³-hybridized carbons (Fsp3) is 0.458. The molecule has 1 aliphatic heterocycles. The molecule has 29 heavy (non-hydrogen) atoms. The van der Waals surface area contributed by atoms with Crippen molar-refractivity contribution in [2.24, 2.45) is 5.92 Å². The topological polar surface area (TPSA) is 44.4 Å². The summed E-state index contributed by atoms with van der Waals surface area (Å²) in [6.07, 6.45) is 2.99. The number of piperidine rings is 1. The molecular formula is C24H32FN3O. The second kappa shape index (κ2) is 10.4. The summed E-state index contributed by atoms with van der Waals surface area (Å²) >= 11 is 0. The maximum Gasteiger partial charge on any atom is 0.315 e. The smallest absolute Gasteiger partial charge is 0.315 e. The van der Waals surface area contributed by atoms with E-state index in [0.29, 0.717) is 0 Å². The van der Waals surface area contributed by atoms with Crippen molar-refractivity contribution >= 4 is 6.03 Å². The van der Waals surface area contributed by atoms with Crippen LogP contribution in [-0.2, 0) is 6.42 Å². The number of nitrogens with one attached hydrogen (secondary N) is 2. The van der Waals surface area contributed by atoms with Crippen LogP contribution in [0.4, 0.5) is 9.18 Å². The van der Waals surface area contributed by atoms with E-state index in [4.69, 9.17) is 0 Å². The lowest BCUT2D eigenvalue weighted by Crippen LogP contribution is -2.49. The number of hydrogen-bond donors (Lipinski definition) is 2. The highest BCUT2D eigenvalue weighted by Crippen LogP contribution is 2.22. The minimum absolute atomic E-state index is 0.137. The molecule has 0 radical (unpaired) electrons. The molecule has 0 spiro atoms. The first-order chi connectivity index (χ1) is 14.0. The summed E-state index contributed by atoms with van der Waals surface area (Å²) in [6.45, 7) is 7.18. The summed E-state index contributed by atoms with van der Waals surface area (Å²) in [7, 11) is 0. The lowest BCUT2D eigenvalue weighted by atomic mass is 9.96. The molecule has 5 heteroatoms. The van der Waals surface area contributed by atoms with Gasteiger partial charge >= 0.3 is 6.03 Å². The summed E-state index contributed by atoms with van der Waals surface area (Å²) in [5.74, 6) is -0.0502. The molecule has 0 aromatic heterocycles. The van der Waals surface area contributed by atoms with E-state index in [2.05, 4.69) is 53.6 Å². The first-order valence-electron chi connectivity index (χ1n) is 10.6. The van der Waals surface area contributed by atoms with E-state index < -0.39 is 0 Å². The molecule has 0 unspecified atom stereocenters. The van der Waals surface area contributed by atoms with Gasteiger partial charge in [0.15, 0.2) is 0 Å². The van der Waals surface area contributed by atoms with E-state index in [1.165, 1.54) is 17.7 Å². The predicted molar refractivity (Wildman–Crippen MR) is 115 cm³/mol. The zero-order valence-electron chi connectivity index (χ0n) is 17.4. The van der Waals surface area contributed by atoms with Crippen LogP contribution in [0.15, 0.2) is 54.6 Å². The molecule has 3 rings (SSSR count). The van der Waals surface area contributed by atoms with Crippen LogP contribution in [0.5, 0.6) is 0 Å². The molecule has 2 N–H and O–H groups in total. The average molecular weight is 398 g/mol. The molecular weight excluding hydrogens is 365 g/mol. The Bertz CT molecular complexity index is 755. The molecule has 1 atom stereocenters. The summed E-state index contributed by atoms with van der Waals surface area (Å²) in [4.78, 5) is 15.0. The van der Waals surface area contributed by atoms with Crippen molar-refractivity contribution in [2.45, 2.75) is 45.2 Å². The zero-order chi connectivity index (χ0) is 20.6. The van der Waals surface area contributed by atoms with Gasteiger partial charge in [-0.3, -0.25) is 0 Å². The van der Waals surface area contributed by atoms with Crippen molar-refractivity contribution in [3.8, 4) is 0 Å². The molecule has 4 nitrogen and oxygen atoms in total. The van der Waals surface area contributed by atoms with E-state index in [1.807, 2.05) is 6.07 Å². The van der Waals surface area contributed by atoms with Crippen molar-refractivity contribution in [3.05, 3.63) is 71.5 Å². The zero-order valence-corrected chi connectivity index (χ0v) is 17.4. The van der Waals surface area contributed by atoms with Crippen molar-refractivity contribution in [1.82, 2.24) is 15.5 Å². The van der Waals surface area contributed by atoms with Gasteiger partial charge < -0.3 is 15.5 Å². The van der Waals surface area contributed by atoms with Crippen molar-refractivity contribution in [2.75, 3.05) is 19.6 Å². The van der Waals surface area contributed by atoms with Crippen LogP contribution in [0.1, 0.15) is 43.9 Å². The second-order valence-corrected chi connectivity index (χ2v) is 8.24. The Kier molecular flexibility index (Phi) is 7.64. The second-order valence-electron chi connectivity index (χ2n) is 8.24. The molecule has 1 heterocycles. The van der Waals surface area contributed by atoms with E-state index >= 15 is 0 Å². The van der Waals surface area contributed by atoms with Crippen LogP contribution in [0.3, 0.4) is 0 Å². The largest absolute Gasteiger partial charge is 0.335 e. The summed E-state index contributed by atoms with van der Waals surface area (Å²) in [6, 6.07) is 16.8. The third-order valence-electron chi connectivity index (χ3n) is 5.66. The van der Waals surface area contributed by atoms with E-state index in [9.17, 15) is 9.18 Å². The standard InChI is InChI=1S/C24H32FN3O/c1-18(2)23(20-8-10-21(25)11-9-20)27-24(29)26-22-13-16-28(17-14-22)15-12-19-6-4-3-5-7-19/h3-11,18,22-23H,12-17H2,1-2H3,(H2,26,27,29)/t23-/m1/s1. The van der Waals surface area contributed by atoms with Crippen LogP contribution in [-0.4, -0.2) is 36.6 Å². The molecule has 2 aromatic rings. The van der Waals surface area contributed by atoms with Crippen LogP contribution in [0.25, 0.3) is 0 Å². The number of urea groups is 1. The highest BCUT2D eigenvalue weighted by atomic mass is 19.1. The monoisotopic (exact) mass is 397 g/mol. The number of rotatable bonds is 7. The molecule has 1 aliphatic rings. The van der Waals surface area contributed by atoms with Gasteiger partial charge in [0.05, 0.1) is 6.04 Å². The van der Waals surface area contributed by atoms with Crippen LogP contribution in [0.2, 0.25) is 0 Å². The Morgan fingerprint density at radius 3 is 2.34 bits per heavy atom. The Morgan fingerprint density at radius 1 is 1.07 bits per heavy atom. The summed E-state index contributed by atoms with van der Waals surface area (Å²) < 4.78 is 13.2. The van der Waals surface area contributed by atoms with Gasteiger partial charge in [-0.1, -0.05) is 56.3 Å². The number of nitrogens with zero attached hydrogens (tertiary/aromatic N) is 1. The Balaban J connectivity index is 1.43. The molecule has 156 valence electrons. The fourth-order valence-electron chi connectivity index (χ4n) is 3.91. The van der Waals surface area contributed by atoms with E-state index in [-0.39, 0.29) is 29.8 Å². The van der Waals surface area contributed by atoms with Crippen LogP contribution in [0, 0.1) is 11.7 Å². The van der Waals surface area contributed by atoms with Gasteiger partial charge in [0.2, 0.25) is 0 Å². The highest BCUT2D eigenvalue weighted by Gasteiger charge is 2.23. The van der Waals surface area contributed by atoms with Gasteiger partial charge in [0, 0.05) is 25.7 Å². The molecule has 2 aromatic carbocycles. The van der Waals surface area contributed by atoms with Crippen molar-refractivity contribution < 1.29 is 9.18 Å². The van der Waals surface area contributed by atoms with Gasteiger partial charge in [-0.2, -0.15) is 0 Å². The number of carbonyl (C=O) groups excluding carboxylic acids is 1. The fourth-order valence-corrected chi connectivity index (χ4v) is 3.91. The predicted octanol–water partition coefficient (Wildman–Crippen LogP) is 4.53. The van der Waals surface area contributed by atoms with Gasteiger partial charge in [-0.15, -0.1) is 0 Å². The molecule has 1 saturated heterocycles. The molecule has 0 aliphatic carbocycles. The van der Waals surface area contributed by atoms with Gasteiger partial charge in [0.1, 0.15) is 5.82 Å². The molecule has 0 saturated carbocycles. The van der Waals surface area contributed by atoms with Crippen LogP contribution >= 0.6 is 0 Å². The number of hydrogen-bond acceptors (Lipinski definition) is 2. The Hall–Kier alpha value is -2.40. The van der Waals surface area contributed by atoms with Crippen LogP contribution < -0.4 is 10.6 Å². The van der Waals surface area contributed by atoms with E-state index in [1.54, 1.807) is 12.1 Å². The van der Waals surface area contributed by atoms with Crippen molar-refractivity contribution in [1.29, 1.82) is 0 Å². The third kappa shape index (κ3) is 6.57. The first kappa shape index (κ1) is 21.3. The minimum Gasteiger partial charge on any atom is -0.335 e. The average Bonchev–Trinajstić information content (AvgIpc) is 2.73. The number of halogens is 1. The molecule has 1 fully saturated rings. The summed E-state index contributed by atoms with van der Waals surface area (Å²) in [5, 5.41) is 6.20. The van der Waals surface area contributed by atoms with Gasteiger partial charge in [0.25, 0.3) is 0 Å². The number of likely N-dealkylation sites (tertiary alicyclic amines) is 1. The SMILES string of the molecule is CC(C)[C@@H](NC(=O)NC1CCN(CCc2ccccc2)CC1)c1ccc(F)cc1. The third-order valence-corrected chi connectivity index (χ3v) is 5.66. The molecule has 0 bridgehead atoms. The Morgan fingerprint density at radius 2 is 1.72 bits per heavy atom. The highest BCUT2D eigenvalue weighted by molar-refractivity contribution is 5.74. The molecule has 2 amide bonds. The quantitative estimate of drug-likeness (QED) is 0.721. The summed E-state index contributed by atoms with van der Waals surface area (Å²) in [5.41, 5.74) is 2.29. The lowest BCUT2D eigenvalue weighted by Gasteiger charge is -2.33.